The highest BCUT2D eigenvalue weighted by Crippen LogP contribution is 2.40. The first kappa shape index (κ1) is 29.3. The van der Waals surface area contributed by atoms with Crippen LogP contribution in [0.1, 0.15) is 35.2 Å². The van der Waals surface area contributed by atoms with Gasteiger partial charge in [-0.25, -0.2) is 9.97 Å². The molecule has 1 saturated heterocycles. The molecule has 4 aromatic rings. The van der Waals surface area contributed by atoms with Crippen LogP contribution < -0.4 is 15.1 Å². The summed E-state index contributed by atoms with van der Waals surface area (Å²) in [5.41, 5.74) is 4.07. The monoisotopic (exact) mass is 598 g/mol. The third-order valence-corrected chi connectivity index (χ3v) is 8.26. The normalized spacial score (nSPS) is 16.2. The van der Waals surface area contributed by atoms with E-state index in [0.717, 1.165) is 44.4 Å². The van der Waals surface area contributed by atoms with E-state index >= 15 is 0 Å². The van der Waals surface area contributed by atoms with Crippen LogP contribution in [0.3, 0.4) is 0 Å². The lowest BCUT2D eigenvalue weighted by molar-refractivity contribution is -0.0914. The molecule has 0 spiro atoms. The number of nitrogens with one attached hydrogen (secondary N) is 2. The first-order valence-electron chi connectivity index (χ1n) is 14.5. The first-order valence-corrected chi connectivity index (χ1v) is 14.5. The number of likely N-dealkylation sites (N-methyl/N-ethyl adjacent to an activating group) is 1. The van der Waals surface area contributed by atoms with Crippen LogP contribution in [0.4, 0.5) is 30.6 Å². The van der Waals surface area contributed by atoms with Gasteiger partial charge in [0.25, 0.3) is 0 Å². The summed E-state index contributed by atoms with van der Waals surface area (Å²) in [5, 5.41) is 13.0. The lowest BCUT2D eigenvalue weighted by atomic mass is 10.0. The number of aromatic nitrogens is 3. The van der Waals surface area contributed by atoms with Gasteiger partial charge in [-0.05, 0) is 36.3 Å². The van der Waals surface area contributed by atoms with Crippen LogP contribution in [-0.2, 0) is 6.54 Å². The summed E-state index contributed by atoms with van der Waals surface area (Å²) >= 11 is 0. The van der Waals surface area contributed by atoms with Gasteiger partial charge in [-0.3, -0.25) is 4.90 Å². The van der Waals surface area contributed by atoms with Gasteiger partial charge in [0, 0.05) is 69.3 Å². The number of alkyl halides is 3. The van der Waals surface area contributed by atoms with Gasteiger partial charge >= 0.3 is 6.18 Å². The molecule has 0 unspecified atom stereocenters. The number of rotatable bonds is 7. The number of aromatic amines is 1. The highest BCUT2D eigenvalue weighted by atomic mass is 19.4. The minimum Gasteiger partial charge on any atom is -0.369 e. The first-order chi connectivity index (χ1) is 21.2. The fraction of sp³-hybridized carbons (Fsp3) is 0.303. The van der Waals surface area contributed by atoms with Gasteiger partial charge in [0.05, 0.1) is 29.1 Å². The van der Waals surface area contributed by atoms with Gasteiger partial charge in [-0.1, -0.05) is 42.5 Å². The molecule has 44 heavy (non-hydrogen) atoms. The predicted molar refractivity (Wildman–Crippen MR) is 166 cm³/mol. The number of H-pyrrole nitrogens is 1. The molecule has 2 N–H and O–H groups in total. The van der Waals surface area contributed by atoms with E-state index in [2.05, 4.69) is 84.7 Å². The van der Waals surface area contributed by atoms with E-state index in [1.54, 1.807) is 13.2 Å². The molecule has 226 valence electrons. The number of benzene rings is 2. The molecule has 0 radical (unpaired) electrons. The predicted octanol–water partition coefficient (Wildman–Crippen LogP) is 6.23. The van der Waals surface area contributed by atoms with E-state index in [9.17, 15) is 18.4 Å². The van der Waals surface area contributed by atoms with Gasteiger partial charge in [0.2, 0.25) is 5.95 Å². The highest BCUT2D eigenvalue weighted by Gasteiger charge is 2.37. The Labute approximate surface area is 254 Å². The summed E-state index contributed by atoms with van der Waals surface area (Å²) in [6.45, 7) is 6.61. The van der Waals surface area contributed by atoms with Crippen LogP contribution in [0.5, 0.6) is 0 Å². The van der Waals surface area contributed by atoms with Crippen LogP contribution >= 0.6 is 0 Å². The fourth-order valence-electron chi connectivity index (χ4n) is 5.80. The zero-order valence-electron chi connectivity index (χ0n) is 24.6. The van der Waals surface area contributed by atoms with Crippen molar-refractivity contribution in [2.45, 2.75) is 25.7 Å². The molecule has 4 heterocycles. The average Bonchev–Trinajstić information content (AvgIpc) is 3.46. The molecule has 2 aromatic carbocycles. The molecule has 1 fully saturated rings. The molecule has 2 aliphatic heterocycles. The SMILES string of the molecule is C[C@@H](Nc1ncc(C#N)c(-c2c[nH]c3c2C=C(C(F)(F)F)CN3C)n1)c1ccc(N2CCN(Cc3ccccc3)CC2)cc1. The van der Waals surface area contributed by atoms with Gasteiger partial charge < -0.3 is 20.1 Å². The minimum atomic E-state index is -4.46. The Morgan fingerprint density at radius 1 is 1.05 bits per heavy atom. The second-order valence-corrected chi connectivity index (χ2v) is 11.3. The maximum absolute atomic E-state index is 13.6. The summed E-state index contributed by atoms with van der Waals surface area (Å²) < 4.78 is 40.8. The number of piperazine rings is 1. The Morgan fingerprint density at radius 2 is 1.77 bits per heavy atom. The number of fused-ring (bicyclic) bond motifs is 1. The summed E-state index contributed by atoms with van der Waals surface area (Å²) in [5.74, 6) is 0.820. The van der Waals surface area contributed by atoms with Gasteiger partial charge in [-0.15, -0.1) is 0 Å². The number of nitriles is 1. The quantitative estimate of drug-likeness (QED) is 0.261. The molecule has 1 atom stereocenters. The lowest BCUT2D eigenvalue weighted by Gasteiger charge is -2.36. The van der Waals surface area contributed by atoms with Crippen molar-refractivity contribution in [1.82, 2.24) is 19.9 Å². The largest absolute Gasteiger partial charge is 0.414 e. The van der Waals surface area contributed by atoms with Crippen molar-refractivity contribution >= 4 is 23.5 Å². The number of halogens is 3. The number of hydrogen-bond acceptors (Lipinski definition) is 7. The molecular formula is C33H33F3N8. The van der Waals surface area contributed by atoms with Crippen LogP contribution in [0.2, 0.25) is 0 Å². The maximum Gasteiger partial charge on any atom is 0.414 e. The molecule has 6 rings (SSSR count). The van der Waals surface area contributed by atoms with E-state index in [4.69, 9.17) is 0 Å². The summed E-state index contributed by atoms with van der Waals surface area (Å²) in [4.78, 5) is 18.3. The zero-order valence-corrected chi connectivity index (χ0v) is 24.6. The average molecular weight is 599 g/mol. The van der Waals surface area contributed by atoms with Crippen molar-refractivity contribution in [2.75, 3.05) is 54.9 Å². The van der Waals surface area contributed by atoms with Crippen molar-refractivity contribution in [3.63, 3.8) is 0 Å². The second-order valence-electron chi connectivity index (χ2n) is 11.3. The Kier molecular flexibility index (Phi) is 8.01. The molecule has 8 nitrogen and oxygen atoms in total. The molecule has 0 amide bonds. The van der Waals surface area contributed by atoms with E-state index < -0.39 is 11.7 Å². The highest BCUT2D eigenvalue weighted by molar-refractivity contribution is 5.86. The van der Waals surface area contributed by atoms with E-state index in [0.29, 0.717) is 16.9 Å². The van der Waals surface area contributed by atoms with Crippen LogP contribution in [0.15, 0.2) is 72.6 Å². The molecule has 0 aliphatic carbocycles. The Morgan fingerprint density at radius 3 is 2.45 bits per heavy atom. The third-order valence-electron chi connectivity index (χ3n) is 8.26. The van der Waals surface area contributed by atoms with Gasteiger partial charge in [0.1, 0.15) is 11.9 Å². The number of nitrogens with zero attached hydrogens (tertiary/aromatic N) is 6. The second kappa shape index (κ2) is 12.1. The van der Waals surface area contributed by atoms with Crippen molar-refractivity contribution < 1.29 is 13.2 Å². The third kappa shape index (κ3) is 6.12. The molecule has 0 bridgehead atoms. The van der Waals surface area contributed by atoms with E-state index in [1.165, 1.54) is 22.3 Å². The molecular weight excluding hydrogens is 565 g/mol. The topological polar surface area (TPSA) is 87.1 Å². The van der Waals surface area contributed by atoms with Gasteiger partial charge in [-0.2, -0.15) is 18.4 Å². The van der Waals surface area contributed by atoms with Crippen LogP contribution in [0, 0.1) is 11.3 Å². The summed E-state index contributed by atoms with van der Waals surface area (Å²) in [7, 11) is 1.59. The van der Waals surface area contributed by atoms with E-state index in [1.807, 2.05) is 13.0 Å². The Hall–Kier alpha value is -4.82. The molecule has 2 aromatic heterocycles. The molecule has 2 aliphatic rings. The number of anilines is 3. The standard InChI is InChI=1S/C33H33F3N8/c1-22(24-8-10-27(11-9-24)44-14-12-43(13-15-44)20-23-6-4-3-5-7-23)40-32-39-18-25(17-37)30(41-32)29-19-38-31-28(29)16-26(21-42(31)2)33(34,35)36/h3-11,16,18-19,22,38H,12-15,20-21H2,1-2H3,(H,39,40,41)/t22-/m1/s1. The van der Waals surface area contributed by atoms with E-state index in [-0.39, 0.29) is 29.8 Å². The van der Waals surface area contributed by atoms with Crippen LogP contribution in [0.25, 0.3) is 17.3 Å². The fourth-order valence-corrected chi connectivity index (χ4v) is 5.80. The van der Waals surface area contributed by atoms with Crippen LogP contribution in [-0.4, -0.2) is 65.8 Å². The Balaban J connectivity index is 1.14. The summed E-state index contributed by atoms with van der Waals surface area (Å²) in [6.07, 6.45) is -0.338. The van der Waals surface area contributed by atoms with Crippen molar-refractivity contribution in [3.05, 3.63) is 94.8 Å². The minimum absolute atomic E-state index is 0.157. The smallest absolute Gasteiger partial charge is 0.369 e. The Bertz CT molecular complexity index is 1680. The van der Waals surface area contributed by atoms with Crippen molar-refractivity contribution in [3.8, 4) is 17.3 Å². The maximum atomic E-state index is 13.6. The molecule has 0 saturated carbocycles. The lowest BCUT2D eigenvalue weighted by Crippen LogP contribution is -2.45. The van der Waals surface area contributed by atoms with Gasteiger partial charge in [0.15, 0.2) is 0 Å². The zero-order chi connectivity index (χ0) is 30.8. The van der Waals surface area contributed by atoms with Crippen molar-refractivity contribution in [1.29, 1.82) is 5.26 Å². The summed E-state index contributed by atoms with van der Waals surface area (Å²) in [6, 6.07) is 20.9. The van der Waals surface area contributed by atoms with Crippen molar-refractivity contribution in [2.24, 2.45) is 0 Å². The number of hydrogen-bond donors (Lipinski definition) is 2. The molecule has 11 heteroatoms.